The molecular weight excluding hydrogens is 254 g/mol. The first-order chi connectivity index (χ1) is 9.42. The summed E-state index contributed by atoms with van der Waals surface area (Å²) in [7, 11) is 0. The summed E-state index contributed by atoms with van der Waals surface area (Å²) in [5.74, 6) is 0.790. The number of ether oxygens (including phenoxy) is 1. The van der Waals surface area contributed by atoms with Gasteiger partial charge >= 0.3 is 5.97 Å². The summed E-state index contributed by atoms with van der Waals surface area (Å²) in [5, 5.41) is 3.33. The maximum atomic E-state index is 12.3. The highest BCUT2D eigenvalue weighted by Crippen LogP contribution is 2.14. The van der Waals surface area contributed by atoms with Gasteiger partial charge in [-0.1, -0.05) is 6.92 Å². The molecule has 0 radical (unpaired) electrons. The number of rotatable bonds is 8. The molecule has 114 valence electrons. The third-order valence-corrected chi connectivity index (χ3v) is 3.10. The topological polar surface area (TPSA) is 56.2 Å². The van der Waals surface area contributed by atoms with Crippen LogP contribution in [-0.4, -0.2) is 33.7 Å². The molecule has 0 fully saturated rings. The average molecular weight is 281 g/mol. The van der Waals surface area contributed by atoms with Crippen molar-refractivity contribution in [2.24, 2.45) is 0 Å². The number of imidazole rings is 1. The molecule has 0 aliphatic rings. The van der Waals surface area contributed by atoms with Crippen LogP contribution in [0.15, 0.2) is 12.4 Å². The van der Waals surface area contributed by atoms with Gasteiger partial charge in [-0.05, 0) is 34.1 Å². The van der Waals surface area contributed by atoms with Crippen molar-refractivity contribution in [2.75, 3.05) is 6.61 Å². The Morgan fingerprint density at radius 1 is 1.50 bits per heavy atom. The second kappa shape index (κ2) is 7.43. The number of carbonyl (C=O) groups excluding carboxylic acids is 1. The van der Waals surface area contributed by atoms with Crippen LogP contribution in [-0.2, 0) is 22.5 Å². The van der Waals surface area contributed by atoms with Gasteiger partial charge in [-0.25, -0.2) is 9.78 Å². The Morgan fingerprint density at radius 2 is 2.20 bits per heavy atom. The maximum Gasteiger partial charge on any atom is 0.327 e. The zero-order valence-corrected chi connectivity index (χ0v) is 13.3. The van der Waals surface area contributed by atoms with E-state index >= 15 is 0 Å². The highest BCUT2D eigenvalue weighted by molar-refractivity contribution is 5.80. The van der Waals surface area contributed by atoms with Crippen molar-refractivity contribution in [1.82, 2.24) is 14.9 Å². The lowest BCUT2D eigenvalue weighted by Crippen LogP contribution is -2.56. The molecule has 0 saturated heterocycles. The normalized spacial score (nSPS) is 14.3. The van der Waals surface area contributed by atoms with Crippen molar-refractivity contribution in [2.45, 2.75) is 65.6 Å². The number of hydrogen-bond acceptors (Lipinski definition) is 4. The molecule has 1 N–H and O–H groups in total. The van der Waals surface area contributed by atoms with Gasteiger partial charge in [0.15, 0.2) is 0 Å². The molecule has 0 saturated carbocycles. The molecule has 5 heteroatoms. The number of nitrogens with one attached hydrogen (secondary N) is 1. The van der Waals surface area contributed by atoms with Crippen LogP contribution in [0.5, 0.6) is 0 Å². The fraction of sp³-hybridized carbons (Fsp3) is 0.733. The molecule has 1 rings (SSSR count). The monoisotopic (exact) mass is 281 g/mol. The van der Waals surface area contributed by atoms with Crippen LogP contribution >= 0.6 is 0 Å². The van der Waals surface area contributed by atoms with Crippen LogP contribution in [0.1, 0.15) is 46.9 Å². The Hall–Kier alpha value is -1.36. The molecule has 0 aromatic carbocycles. The Kier molecular flexibility index (Phi) is 6.20. The van der Waals surface area contributed by atoms with Crippen LogP contribution < -0.4 is 5.32 Å². The van der Waals surface area contributed by atoms with Gasteiger partial charge in [0.2, 0.25) is 0 Å². The largest absolute Gasteiger partial charge is 0.465 e. The minimum absolute atomic E-state index is 0.197. The summed E-state index contributed by atoms with van der Waals surface area (Å²) in [6.07, 6.45) is 5.65. The van der Waals surface area contributed by atoms with Crippen LogP contribution in [0.2, 0.25) is 0 Å². The third-order valence-electron chi connectivity index (χ3n) is 3.10. The Balaban J connectivity index is 2.93. The first-order valence-electron chi connectivity index (χ1n) is 7.37. The third kappa shape index (κ3) is 4.34. The standard InChI is InChI=1S/C15H27N3O2/c1-6-8-13-16-9-10-18(13)11-15(5,17-12(3)4)14(19)20-7-2/h9-10,12,17H,6-8,11H2,1-5H3. The van der Waals surface area contributed by atoms with Gasteiger partial charge in [-0.2, -0.15) is 0 Å². The number of hydrogen-bond donors (Lipinski definition) is 1. The van der Waals surface area contributed by atoms with Crippen LogP contribution in [0.25, 0.3) is 0 Å². The quantitative estimate of drug-likeness (QED) is 0.742. The van der Waals surface area contributed by atoms with E-state index in [0.717, 1.165) is 18.7 Å². The summed E-state index contributed by atoms with van der Waals surface area (Å²) < 4.78 is 7.26. The predicted molar refractivity (Wildman–Crippen MR) is 79.5 cm³/mol. The van der Waals surface area contributed by atoms with E-state index in [1.807, 2.05) is 38.5 Å². The molecule has 20 heavy (non-hydrogen) atoms. The fourth-order valence-electron chi connectivity index (χ4n) is 2.37. The molecule has 1 unspecified atom stereocenters. The van der Waals surface area contributed by atoms with Gasteiger partial charge < -0.3 is 9.30 Å². The molecule has 1 atom stereocenters. The second-order valence-corrected chi connectivity index (χ2v) is 5.57. The van der Waals surface area contributed by atoms with Gasteiger partial charge in [0.05, 0.1) is 13.2 Å². The van der Waals surface area contributed by atoms with E-state index in [0.29, 0.717) is 13.2 Å². The summed E-state index contributed by atoms with van der Waals surface area (Å²) in [6.45, 7) is 10.8. The van der Waals surface area contributed by atoms with E-state index in [1.54, 1.807) is 6.20 Å². The number of nitrogens with zero attached hydrogens (tertiary/aromatic N) is 2. The molecule has 0 spiro atoms. The zero-order valence-electron chi connectivity index (χ0n) is 13.3. The van der Waals surface area contributed by atoms with Crippen LogP contribution in [0, 0.1) is 0 Å². The molecular formula is C15H27N3O2. The Labute approximate surface area is 121 Å². The van der Waals surface area contributed by atoms with Crippen molar-refractivity contribution in [1.29, 1.82) is 0 Å². The molecule has 0 aliphatic heterocycles. The van der Waals surface area contributed by atoms with Gasteiger partial charge in [0.1, 0.15) is 11.4 Å². The Bertz CT molecular complexity index is 429. The maximum absolute atomic E-state index is 12.3. The Morgan fingerprint density at radius 3 is 2.75 bits per heavy atom. The SMILES string of the molecule is CCCc1nccn1CC(C)(NC(C)C)C(=O)OCC. The summed E-state index contributed by atoms with van der Waals surface area (Å²) >= 11 is 0. The van der Waals surface area contributed by atoms with E-state index < -0.39 is 5.54 Å². The number of aromatic nitrogens is 2. The lowest BCUT2D eigenvalue weighted by Gasteiger charge is -2.31. The average Bonchev–Trinajstić information content (AvgIpc) is 2.76. The van der Waals surface area contributed by atoms with Crippen molar-refractivity contribution >= 4 is 5.97 Å². The van der Waals surface area contributed by atoms with E-state index in [4.69, 9.17) is 4.74 Å². The smallest absolute Gasteiger partial charge is 0.327 e. The van der Waals surface area contributed by atoms with Gasteiger partial charge in [0.25, 0.3) is 0 Å². The van der Waals surface area contributed by atoms with Gasteiger partial charge in [-0.15, -0.1) is 0 Å². The second-order valence-electron chi connectivity index (χ2n) is 5.57. The highest BCUT2D eigenvalue weighted by Gasteiger charge is 2.36. The minimum Gasteiger partial charge on any atom is -0.465 e. The van der Waals surface area contributed by atoms with E-state index in [-0.39, 0.29) is 12.0 Å². The fourth-order valence-corrected chi connectivity index (χ4v) is 2.37. The first-order valence-corrected chi connectivity index (χ1v) is 7.37. The molecule has 0 bridgehead atoms. The molecule has 5 nitrogen and oxygen atoms in total. The van der Waals surface area contributed by atoms with Crippen LogP contribution in [0.3, 0.4) is 0 Å². The number of carbonyl (C=O) groups is 1. The van der Waals surface area contributed by atoms with Crippen molar-refractivity contribution in [3.05, 3.63) is 18.2 Å². The first kappa shape index (κ1) is 16.7. The van der Waals surface area contributed by atoms with Crippen LogP contribution in [0.4, 0.5) is 0 Å². The van der Waals surface area contributed by atoms with Crippen molar-refractivity contribution < 1.29 is 9.53 Å². The highest BCUT2D eigenvalue weighted by atomic mass is 16.5. The molecule has 0 amide bonds. The number of esters is 1. The lowest BCUT2D eigenvalue weighted by atomic mass is 10.0. The van der Waals surface area contributed by atoms with E-state index in [2.05, 4.69) is 17.2 Å². The summed E-state index contributed by atoms with van der Waals surface area (Å²) in [4.78, 5) is 16.6. The van der Waals surface area contributed by atoms with Gasteiger partial charge in [-0.3, -0.25) is 5.32 Å². The zero-order chi connectivity index (χ0) is 15.2. The summed E-state index contributed by atoms with van der Waals surface area (Å²) in [6, 6.07) is 0.197. The van der Waals surface area contributed by atoms with Crippen molar-refractivity contribution in [3.63, 3.8) is 0 Å². The molecule has 1 aromatic rings. The van der Waals surface area contributed by atoms with E-state index in [1.165, 1.54) is 0 Å². The molecule has 1 aromatic heterocycles. The summed E-state index contributed by atoms with van der Waals surface area (Å²) in [5.41, 5.74) is -0.743. The number of aryl methyl sites for hydroxylation is 1. The van der Waals surface area contributed by atoms with Crippen molar-refractivity contribution in [3.8, 4) is 0 Å². The lowest BCUT2D eigenvalue weighted by molar-refractivity contribution is -0.151. The van der Waals surface area contributed by atoms with Gasteiger partial charge in [0, 0.05) is 24.9 Å². The minimum atomic E-state index is -0.743. The molecule has 1 heterocycles. The molecule has 0 aliphatic carbocycles. The predicted octanol–water partition coefficient (Wildman–Crippen LogP) is 2.16. The van der Waals surface area contributed by atoms with E-state index in [9.17, 15) is 4.79 Å².